The number of aliphatic hydroxyl groups excluding tert-OH is 1. The molecular formula is C31H26N2O4. The summed E-state index contributed by atoms with van der Waals surface area (Å²) in [5, 5.41) is 11.2. The molecule has 37 heavy (non-hydrogen) atoms. The molecule has 1 aromatic heterocycles. The van der Waals surface area contributed by atoms with Gasteiger partial charge in [-0.2, -0.15) is 0 Å². The lowest BCUT2D eigenvalue weighted by molar-refractivity contribution is -0.139. The standard InChI is InChI=1S/C31H26N2O4/c34-29(24-14-17-32-18-15-24)27-28(33(31(36)30(27)35)19-16-22-8-3-1-4-9-22)25-12-7-13-26(20-25)37-21-23-10-5-2-6-11-23/h1-15,17-18,20,28,34H,16,19,21H2/b29-27+. The first-order chi connectivity index (χ1) is 18.1. The number of likely N-dealkylation sites (tertiary alicyclic amines) is 1. The number of amides is 1. The topological polar surface area (TPSA) is 79.7 Å². The van der Waals surface area contributed by atoms with Crippen molar-refractivity contribution in [1.29, 1.82) is 0 Å². The normalized spacial score (nSPS) is 16.6. The third kappa shape index (κ3) is 5.28. The van der Waals surface area contributed by atoms with Gasteiger partial charge in [0.05, 0.1) is 11.6 Å². The number of nitrogens with zero attached hydrogens (tertiary/aromatic N) is 2. The summed E-state index contributed by atoms with van der Waals surface area (Å²) in [6.07, 6.45) is 3.64. The fourth-order valence-electron chi connectivity index (χ4n) is 4.53. The van der Waals surface area contributed by atoms with Gasteiger partial charge in [-0.3, -0.25) is 14.6 Å². The molecule has 1 amide bonds. The summed E-state index contributed by atoms with van der Waals surface area (Å²) in [7, 11) is 0. The van der Waals surface area contributed by atoms with Crippen molar-refractivity contribution in [2.45, 2.75) is 19.1 Å². The van der Waals surface area contributed by atoms with Gasteiger partial charge in [0.25, 0.3) is 11.7 Å². The molecule has 0 saturated carbocycles. The van der Waals surface area contributed by atoms with Gasteiger partial charge in [0.2, 0.25) is 0 Å². The van der Waals surface area contributed by atoms with Crippen LogP contribution >= 0.6 is 0 Å². The summed E-state index contributed by atoms with van der Waals surface area (Å²) < 4.78 is 6.02. The zero-order chi connectivity index (χ0) is 25.6. The van der Waals surface area contributed by atoms with Gasteiger partial charge in [-0.05, 0) is 47.4 Å². The van der Waals surface area contributed by atoms with E-state index < -0.39 is 17.7 Å². The van der Waals surface area contributed by atoms with Crippen LogP contribution in [0, 0.1) is 0 Å². The van der Waals surface area contributed by atoms with Gasteiger partial charge >= 0.3 is 0 Å². The second kappa shape index (κ2) is 10.9. The lowest BCUT2D eigenvalue weighted by Gasteiger charge is -2.26. The van der Waals surface area contributed by atoms with E-state index >= 15 is 0 Å². The molecule has 184 valence electrons. The summed E-state index contributed by atoms with van der Waals surface area (Å²) in [4.78, 5) is 32.0. The first-order valence-electron chi connectivity index (χ1n) is 12.1. The molecule has 1 aliphatic rings. The number of carbonyl (C=O) groups is 2. The van der Waals surface area contributed by atoms with Crippen LogP contribution < -0.4 is 4.74 Å². The molecule has 1 aliphatic heterocycles. The molecule has 0 radical (unpaired) electrons. The quantitative estimate of drug-likeness (QED) is 0.205. The Morgan fingerprint density at radius 2 is 1.51 bits per heavy atom. The third-order valence-electron chi connectivity index (χ3n) is 6.40. The highest BCUT2D eigenvalue weighted by Crippen LogP contribution is 2.40. The van der Waals surface area contributed by atoms with Crippen LogP contribution in [-0.2, 0) is 22.6 Å². The Balaban J connectivity index is 1.51. The highest BCUT2D eigenvalue weighted by atomic mass is 16.5. The van der Waals surface area contributed by atoms with Crippen molar-refractivity contribution in [3.8, 4) is 5.75 Å². The number of rotatable bonds is 8. The van der Waals surface area contributed by atoms with Crippen LogP contribution in [0.25, 0.3) is 5.76 Å². The Morgan fingerprint density at radius 3 is 2.22 bits per heavy atom. The van der Waals surface area contributed by atoms with Crippen LogP contribution in [0.4, 0.5) is 0 Å². The maximum Gasteiger partial charge on any atom is 0.295 e. The van der Waals surface area contributed by atoms with Gasteiger partial charge in [-0.25, -0.2) is 0 Å². The van der Waals surface area contributed by atoms with Crippen LogP contribution in [0.3, 0.4) is 0 Å². The average Bonchev–Trinajstić information content (AvgIpc) is 3.21. The van der Waals surface area contributed by atoms with E-state index in [9.17, 15) is 14.7 Å². The Kier molecular flexibility index (Phi) is 7.08. The van der Waals surface area contributed by atoms with Crippen molar-refractivity contribution in [3.63, 3.8) is 0 Å². The van der Waals surface area contributed by atoms with Gasteiger partial charge in [0.1, 0.15) is 18.1 Å². The summed E-state index contributed by atoms with van der Waals surface area (Å²) in [6.45, 7) is 0.705. The van der Waals surface area contributed by atoms with Crippen molar-refractivity contribution in [2.75, 3.05) is 6.54 Å². The molecule has 1 unspecified atom stereocenters. The Labute approximate surface area is 215 Å². The predicted octanol–water partition coefficient (Wildman–Crippen LogP) is 5.33. The van der Waals surface area contributed by atoms with Gasteiger partial charge in [-0.15, -0.1) is 0 Å². The largest absolute Gasteiger partial charge is 0.507 e. The maximum atomic E-state index is 13.3. The number of Topliss-reactive ketones (excluding diaryl/α,β-unsaturated/α-hetero) is 1. The number of carbonyl (C=O) groups excluding carboxylic acids is 2. The Bertz CT molecular complexity index is 1420. The summed E-state index contributed by atoms with van der Waals surface area (Å²) in [5.74, 6) is -0.947. The van der Waals surface area contributed by atoms with Crippen molar-refractivity contribution in [1.82, 2.24) is 9.88 Å². The highest BCUT2D eigenvalue weighted by molar-refractivity contribution is 6.46. The minimum absolute atomic E-state index is 0.0597. The first-order valence-corrected chi connectivity index (χ1v) is 12.1. The van der Waals surface area contributed by atoms with Crippen molar-refractivity contribution < 1.29 is 19.4 Å². The SMILES string of the molecule is O=C1C(=O)N(CCc2ccccc2)C(c2cccc(OCc3ccccc3)c2)/C1=C(\O)c1ccncc1. The molecule has 1 N–H and O–H groups in total. The van der Waals surface area contributed by atoms with Crippen LogP contribution in [0.5, 0.6) is 5.75 Å². The number of pyridine rings is 1. The van der Waals surface area contributed by atoms with Gasteiger partial charge < -0.3 is 14.7 Å². The molecule has 5 rings (SSSR count). The minimum atomic E-state index is -0.753. The van der Waals surface area contributed by atoms with Crippen molar-refractivity contribution >= 4 is 17.4 Å². The molecule has 0 aliphatic carbocycles. The summed E-state index contributed by atoms with van der Waals surface area (Å²) >= 11 is 0. The molecule has 3 aromatic carbocycles. The highest BCUT2D eigenvalue weighted by Gasteiger charge is 2.45. The van der Waals surface area contributed by atoms with Gasteiger partial charge in [-0.1, -0.05) is 72.8 Å². The first kappa shape index (κ1) is 24.0. The van der Waals surface area contributed by atoms with Crippen molar-refractivity contribution in [3.05, 3.63) is 137 Å². The van der Waals surface area contributed by atoms with E-state index in [0.717, 1.165) is 11.1 Å². The Hall–Kier alpha value is -4.71. The second-order valence-electron chi connectivity index (χ2n) is 8.81. The lowest BCUT2D eigenvalue weighted by atomic mass is 9.95. The zero-order valence-corrected chi connectivity index (χ0v) is 20.2. The molecule has 2 heterocycles. The van der Waals surface area contributed by atoms with Crippen LogP contribution in [-0.4, -0.2) is 33.2 Å². The number of ether oxygens (including phenoxy) is 1. The fraction of sp³-hybridized carbons (Fsp3) is 0.129. The number of aromatic nitrogens is 1. The summed E-state index contributed by atoms with van der Waals surface area (Å²) in [6, 6.07) is 29.4. The molecule has 1 saturated heterocycles. The van der Waals surface area contributed by atoms with Gasteiger partial charge in [0.15, 0.2) is 0 Å². The molecular weight excluding hydrogens is 464 g/mol. The number of ketones is 1. The zero-order valence-electron chi connectivity index (χ0n) is 20.2. The maximum absolute atomic E-state index is 13.3. The van der Waals surface area contributed by atoms with Crippen LogP contribution in [0.15, 0.2) is 115 Å². The van der Waals surface area contributed by atoms with Crippen LogP contribution in [0.2, 0.25) is 0 Å². The fourth-order valence-corrected chi connectivity index (χ4v) is 4.53. The smallest absolute Gasteiger partial charge is 0.295 e. The molecule has 1 atom stereocenters. The molecule has 6 heteroatoms. The number of benzene rings is 3. The third-order valence-corrected chi connectivity index (χ3v) is 6.40. The van der Waals surface area contributed by atoms with E-state index in [-0.39, 0.29) is 11.3 Å². The Morgan fingerprint density at radius 1 is 0.838 bits per heavy atom. The molecule has 1 fully saturated rings. The second-order valence-corrected chi connectivity index (χ2v) is 8.81. The monoisotopic (exact) mass is 490 g/mol. The summed E-state index contributed by atoms with van der Waals surface area (Å²) in [5.41, 5.74) is 3.26. The molecule has 0 spiro atoms. The van der Waals surface area contributed by atoms with Crippen LogP contribution in [0.1, 0.15) is 28.3 Å². The van der Waals surface area contributed by atoms with E-state index in [0.29, 0.717) is 36.4 Å². The van der Waals surface area contributed by atoms with E-state index in [2.05, 4.69) is 4.98 Å². The van der Waals surface area contributed by atoms with E-state index in [4.69, 9.17) is 4.74 Å². The van der Waals surface area contributed by atoms with Gasteiger partial charge in [0, 0.05) is 24.5 Å². The number of hydrogen-bond donors (Lipinski definition) is 1. The predicted molar refractivity (Wildman–Crippen MR) is 141 cm³/mol. The van der Waals surface area contributed by atoms with E-state index in [1.54, 1.807) is 17.0 Å². The van der Waals surface area contributed by atoms with E-state index in [1.165, 1.54) is 12.4 Å². The molecule has 6 nitrogen and oxygen atoms in total. The minimum Gasteiger partial charge on any atom is -0.507 e. The average molecular weight is 491 g/mol. The number of hydrogen-bond acceptors (Lipinski definition) is 5. The molecule has 4 aromatic rings. The van der Waals surface area contributed by atoms with Crippen molar-refractivity contribution in [2.24, 2.45) is 0 Å². The number of aliphatic hydroxyl groups is 1. The lowest BCUT2D eigenvalue weighted by Crippen LogP contribution is -2.31. The van der Waals surface area contributed by atoms with E-state index in [1.807, 2.05) is 84.9 Å². The molecule has 0 bridgehead atoms.